The van der Waals surface area contributed by atoms with Crippen LogP contribution in [0.3, 0.4) is 0 Å². The summed E-state index contributed by atoms with van der Waals surface area (Å²) in [6.45, 7) is 0. The number of nitrogens with zero attached hydrogens (tertiary/aromatic N) is 1. The number of aromatic nitrogens is 1. The number of fused-ring (bicyclic) bond motifs is 9. The van der Waals surface area contributed by atoms with Crippen molar-refractivity contribution < 1.29 is 0 Å². The summed E-state index contributed by atoms with van der Waals surface area (Å²) in [4.78, 5) is 0. The highest BCUT2D eigenvalue weighted by molar-refractivity contribution is 7.26. The molecule has 9 rings (SSSR count). The number of rotatable bonds is 2. The Balaban J connectivity index is 1.31. The van der Waals surface area contributed by atoms with Crippen molar-refractivity contribution in [1.82, 2.24) is 4.57 Å². The van der Waals surface area contributed by atoms with Gasteiger partial charge in [0.05, 0.1) is 21.4 Å². The van der Waals surface area contributed by atoms with Gasteiger partial charge in [-0.15, -0.1) is 22.7 Å². The van der Waals surface area contributed by atoms with E-state index in [9.17, 15) is 0 Å². The molecule has 3 heterocycles. The molecule has 0 radical (unpaired) electrons. The molecule has 0 fully saturated rings. The second-order valence-electron chi connectivity index (χ2n) is 10.1. The van der Waals surface area contributed by atoms with E-state index < -0.39 is 0 Å². The third kappa shape index (κ3) is 3.00. The van der Waals surface area contributed by atoms with E-state index in [1.165, 1.54) is 79.0 Å². The zero-order chi connectivity index (χ0) is 25.5. The lowest BCUT2D eigenvalue weighted by atomic mass is 10.0. The Labute approximate surface area is 232 Å². The molecule has 0 aliphatic heterocycles. The topological polar surface area (TPSA) is 4.93 Å². The number of benzene rings is 6. The average molecular weight is 532 g/mol. The van der Waals surface area contributed by atoms with Crippen molar-refractivity contribution in [2.45, 2.75) is 0 Å². The first-order chi connectivity index (χ1) is 19.3. The summed E-state index contributed by atoms with van der Waals surface area (Å²) in [5, 5.41) is 7.93. The van der Waals surface area contributed by atoms with Gasteiger partial charge in [0.25, 0.3) is 0 Å². The van der Waals surface area contributed by atoms with E-state index in [1.807, 2.05) is 22.7 Å². The lowest BCUT2D eigenvalue weighted by molar-refractivity contribution is 1.20. The Morgan fingerprint density at radius 1 is 0.410 bits per heavy atom. The van der Waals surface area contributed by atoms with Crippen LogP contribution in [-0.4, -0.2) is 4.57 Å². The van der Waals surface area contributed by atoms with Gasteiger partial charge in [-0.3, -0.25) is 0 Å². The van der Waals surface area contributed by atoms with Crippen LogP contribution in [0.25, 0.3) is 79.0 Å². The molecule has 0 aliphatic carbocycles. The van der Waals surface area contributed by atoms with Crippen molar-refractivity contribution in [3.05, 3.63) is 127 Å². The van der Waals surface area contributed by atoms with Crippen LogP contribution >= 0.6 is 22.7 Å². The normalized spacial score (nSPS) is 12.1. The van der Waals surface area contributed by atoms with E-state index >= 15 is 0 Å². The van der Waals surface area contributed by atoms with Crippen molar-refractivity contribution in [2.24, 2.45) is 0 Å². The van der Waals surface area contributed by atoms with Crippen LogP contribution < -0.4 is 0 Å². The van der Waals surface area contributed by atoms with Crippen molar-refractivity contribution in [2.75, 3.05) is 0 Å². The first-order valence-electron chi connectivity index (χ1n) is 13.2. The molecule has 0 amide bonds. The zero-order valence-electron chi connectivity index (χ0n) is 20.9. The summed E-state index contributed by atoms with van der Waals surface area (Å²) in [7, 11) is 0. The van der Waals surface area contributed by atoms with Gasteiger partial charge in [0, 0.05) is 46.4 Å². The van der Waals surface area contributed by atoms with Crippen LogP contribution in [0.1, 0.15) is 0 Å². The van der Waals surface area contributed by atoms with E-state index in [0.717, 1.165) is 0 Å². The summed E-state index contributed by atoms with van der Waals surface area (Å²) in [6.07, 6.45) is 0. The fourth-order valence-electron chi connectivity index (χ4n) is 6.28. The van der Waals surface area contributed by atoms with Gasteiger partial charge in [-0.05, 0) is 47.5 Å². The first kappa shape index (κ1) is 21.5. The maximum absolute atomic E-state index is 2.45. The summed E-state index contributed by atoms with van der Waals surface area (Å²) in [5.41, 5.74) is 6.34. The van der Waals surface area contributed by atoms with Gasteiger partial charge in [0.15, 0.2) is 0 Å². The van der Waals surface area contributed by atoms with E-state index in [-0.39, 0.29) is 0 Å². The molecule has 0 unspecified atom stereocenters. The molecule has 0 atom stereocenters. The van der Waals surface area contributed by atoms with Crippen LogP contribution in [0.15, 0.2) is 127 Å². The SMILES string of the molecule is c1ccc2c(c1)sc1c(-c3ccc4sc5c(-n6c7ccccc7c7ccccc76)cccc5c4c3)cccc12. The molecular formula is C36H21NS2. The van der Waals surface area contributed by atoms with Crippen LogP contribution in [0.2, 0.25) is 0 Å². The molecule has 3 heteroatoms. The molecule has 0 saturated carbocycles. The summed E-state index contributed by atoms with van der Waals surface area (Å²) < 4.78 is 7.81. The Bertz CT molecular complexity index is 2350. The molecule has 0 spiro atoms. The lowest BCUT2D eigenvalue weighted by Gasteiger charge is -2.09. The molecule has 0 saturated heterocycles. The van der Waals surface area contributed by atoms with Gasteiger partial charge in [-0.25, -0.2) is 0 Å². The fraction of sp³-hybridized carbons (Fsp3) is 0. The molecule has 6 aromatic carbocycles. The first-order valence-corrected chi connectivity index (χ1v) is 14.8. The van der Waals surface area contributed by atoms with Gasteiger partial charge in [-0.1, -0.05) is 91.0 Å². The van der Waals surface area contributed by atoms with E-state index in [0.29, 0.717) is 0 Å². The molecular weight excluding hydrogens is 511 g/mol. The fourth-order valence-corrected chi connectivity index (χ4v) is 8.71. The van der Waals surface area contributed by atoms with Crippen LogP contribution in [-0.2, 0) is 0 Å². The summed E-state index contributed by atoms with van der Waals surface area (Å²) in [5.74, 6) is 0. The van der Waals surface area contributed by atoms with Crippen molar-refractivity contribution >= 4 is 84.8 Å². The second-order valence-corrected chi connectivity index (χ2v) is 12.2. The Morgan fingerprint density at radius 2 is 1.00 bits per heavy atom. The Hall–Kier alpha value is -4.44. The van der Waals surface area contributed by atoms with Gasteiger partial charge < -0.3 is 4.57 Å². The minimum Gasteiger partial charge on any atom is -0.308 e. The van der Waals surface area contributed by atoms with Gasteiger partial charge in [-0.2, -0.15) is 0 Å². The van der Waals surface area contributed by atoms with E-state index in [4.69, 9.17) is 0 Å². The number of thiophene rings is 2. The molecule has 0 bridgehead atoms. The Kier molecular flexibility index (Phi) is 4.43. The van der Waals surface area contributed by atoms with Crippen molar-refractivity contribution in [1.29, 1.82) is 0 Å². The molecule has 1 nitrogen and oxygen atoms in total. The largest absolute Gasteiger partial charge is 0.308 e. The van der Waals surface area contributed by atoms with Crippen molar-refractivity contribution in [3.63, 3.8) is 0 Å². The number of hydrogen-bond acceptors (Lipinski definition) is 2. The molecule has 0 N–H and O–H groups in total. The Morgan fingerprint density at radius 3 is 1.79 bits per heavy atom. The summed E-state index contributed by atoms with van der Waals surface area (Å²) in [6, 6.07) is 46.8. The highest BCUT2D eigenvalue weighted by atomic mass is 32.1. The van der Waals surface area contributed by atoms with Gasteiger partial charge in [0.2, 0.25) is 0 Å². The predicted molar refractivity (Wildman–Crippen MR) is 172 cm³/mol. The molecule has 39 heavy (non-hydrogen) atoms. The third-order valence-corrected chi connectivity index (χ3v) is 10.4. The third-order valence-electron chi connectivity index (χ3n) is 8.01. The highest BCUT2D eigenvalue weighted by Crippen LogP contribution is 2.44. The average Bonchev–Trinajstić information content (AvgIpc) is 3.66. The summed E-state index contributed by atoms with van der Waals surface area (Å²) >= 11 is 3.79. The smallest absolute Gasteiger partial charge is 0.0640 e. The van der Waals surface area contributed by atoms with Crippen LogP contribution in [0.4, 0.5) is 0 Å². The van der Waals surface area contributed by atoms with E-state index in [2.05, 4.69) is 132 Å². The number of para-hydroxylation sites is 2. The van der Waals surface area contributed by atoms with Gasteiger partial charge >= 0.3 is 0 Å². The molecule has 0 aliphatic rings. The monoisotopic (exact) mass is 531 g/mol. The van der Waals surface area contributed by atoms with Crippen molar-refractivity contribution in [3.8, 4) is 16.8 Å². The molecule has 9 aromatic rings. The van der Waals surface area contributed by atoms with Crippen LogP contribution in [0, 0.1) is 0 Å². The molecule has 3 aromatic heterocycles. The maximum atomic E-state index is 2.45. The quantitative estimate of drug-likeness (QED) is 0.209. The van der Waals surface area contributed by atoms with Crippen LogP contribution in [0.5, 0.6) is 0 Å². The number of hydrogen-bond donors (Lipinski definition) is 0. The van der Waals surface area contributed by atoms with E-state index in [1.54, 1.807) is 0 Å². The lowest BCUT2D eigenvalue weighted by Crippen LogP contribution is -1.93. The highest BCUT2D eigenvalue weighted by Gasteiger charge is 2.17. The minimum absolute atomic E-state index is 1.25. The maximum Gasteiger partial charge on any atom is 0.0640 e. The van der Waals surface area contributed by atoms with Gasteiger partial charge in [0.1, 0.15) is 0 Å². The second kappa shape index (κ2) is 8.03. The predicted octanol–water partition coefficient (Wildman–Crippen LogP) is 11.2. The minimum atomic E-state index is 1.25. The standard InChI is InChI=1S/C36H21NS2/c1-4-15-30-24(9-1)25-10-2-5-16-31(25)37(30)32-17-8-14-28-29-21-22(19-20-34(29)39-36(28)32)23-12-7-13-27-26-11-3-6-18-33(26)38-35(23)27/h1-21H. The molecule has 182 valence electrons. The zero-order valence-corrected chi connectivity index (χ0v) is 22.5.